The van der Waals surface area contributed by atoms with Gasteiger partial charge in [0.05, 0.1) is 40.3 Å². The van der Waals surface area contributed by atoms with Crippen LogP contribution in [0.2, 0.25) is 0 Å². The van der Waals surface area contributed by atoms with Crippen LogP contribution in [0.4, 0.5) is 17.2 Å². The number of benzene rings is 2. The molecule has 3 saturated heterocycles. The molecule has 50 heavy (non-hydrogen) atoms. The van der Waals surface area contributed by atoms with Gasteiger partial charge in [0, 0.05) is 64.3 Å². The summed E-state index contributed by atoms with van der Waals surface area (Å²) in [6.45, 7) is 7.19. The standard InChI is InChI=1S/C36H43N9O5/c1-41(27-7-4-6-25-32(27)36(50)45(35(25)49)28-9-10-31(47)38-34(28)48)15-16-42-13-11-22(12-14-42)43-17-18-44-23(21-43)20-37-33-29(44)19-26(39-40-33)24-5-2-3-8-30(24)46/h2-8,19,22-23,28,34,46,48H,9-18,20-21H2,1H3,(H,37,40)(H,38,47)/t23-,28?,34?/m0/s1. The van der Waals surface area contributed by atoms with Crippen molar-refractivity contribution in [2.75, 3.05) is 74.5 Å². The van der Waals surface area contributed by atoms with Crippen molar-refractivity contribution in [1.82, 2.24) is 30.2 Å². The Hall–Kier alpha value is -4.79. The number of likely N-dealkylation sites (tertiary alicyclic amines) is 1. The van der Waals surface area contributed by atoms with Crippen LogP contribution in [0.15, 0.2) is 48.5 Å². The maximum atomic E-state index is 13.6. The molecule has 1 aromatic heterocycles. The zero-order valence-corrected chi connectivity index (χ0v) is 28.2. The Morgan fingerprint density at radius 1 is 0.920 bits per heavy atom. The summed E-state index contributed by atoms with van der Waals surface area (Å²) in [6, 6.07) is 14.6. The van der Waals surface area contributed by atoms with Gasteiger partial charge in [-0.05, 0) is 62.7 Å². The molecule has 14 heteroatoms. The molecule has 14 nitrogen and oxygen atoms in total. The van der Waals surface area contributed by atoms with Gasteiger partial charge in [0.1, 0.15) is 12.0 Å². The molecule has 3 atom stereocenters. The third kappa shape index (κ3) is 5.80. The van der Waals surface area contributed by atoms with E-state index in [9.17, 15) is 24.6 Å². The molecular weight excluding hydrogens is 638 g/mol. The summed E-state index contributed by atoms with van der Waals surface area (Å²) in [5.74, 6) is -0.154. The number of carbonyl (C=O) groups is 3. The Labute approximate surface area is 290 Å². The fraction of sp³-hybridized carbons (Fsp3) is 0.472. The van der Waals surface area contributed by atoms with Crippen molar-refractivity contribution >= 4 is 34.9 Å². The fourth-order valence-electron chi connectivity index (χ4n) is 8.33. The molecule has 5 aliphatic rings. The molecule has 3 aromatic rings. The number of anilines is 3. The summed E-state index contributed by atoms with van der Waals surface area (Å²) >= 11 is 0. The lowest BCUT2D eigenvalue weighted by molar-refractivity contribution is -0.129. The summed E-state index contributed by atoms with van der Waals surface area (Å²) in [4.78, 5) is 49.4. The number of likely N-dealkylation sites (N-methyl/N-ethyl adjacent to an activating group) is 1. The smallest absolute Gasteiger partial charge is 0.264 e. The maximum absolute atomic E-state index is 13.6. The van der Waals surface area contributed by atoms with E-state index >= 15 is 0 Å². The number of nitrogens with zero attached hydrogens (tertiary/aromatic N) is 7. The number of hydrogen-bond acceptors (Lipinski definition) is 12. The van der Waals surface area contributed by atoms with E-state index in [0.717, 1.165) is 75.1 Å². The number of fused-ring (bicyclic) bond motifs is 4. The quantitative estimate of drug-likeness (QED) is 0.267. The van der Waals surface area contributed by atoms with E-state index in [1.807, 2.05) is 36.2 Å². The summed E-state index contributed by atoms with van der Waals surface area (Å²) < 4.78 is 0. The van der Waals surface area contributed by atoms with Crippen LogP contribution in [0.5, 0.6) is 5.75 Å². The highest BCUT2D eigenvalue weighted by molar-refractivity contribution is 6.24. The van der Waals surface area contributed by atoms with Gasteiger partial charge in [-0.15, -0.1) is 10.2 Å². The molecule has 0 bridgehead atoms. The molecule has 5 aliphatic heterocycles. The Morgan fingerprint density at radius 2 is 1.72 bits per heavy atom. The normalized spacial score (nSPS) is 24.4. The number of para-hydroxylation sites is 1. The van der Waals surface area contributed by atoms with Gasteiger partial charge in [-0.2, -0.15) is 0 Å². The summed E-state index contributed by atoms with van der Waals surface area (Å²) in [5, 5.41) is 35.6. The predicted octanol–water partition coefficient (Wildman–Crippen LogP) is 1.56. The highest BCUT2D eigenvalue weighted by Gasteiger charge is 2.46. The largest absolute Gasteiger partial charge is 0.507 e. The number of amides is 3. The molecule has 3 amide bonds. The van der Waals surface area contributed by atoms with E-state index in [2.05, 4.69) is 35.5 Å². The molecule has 2 unspecified atom stereocenters. The highest BCUT2D eigenvalue weighted by Crippen LogP contribution is 2.37. The van der Waals surface area contributed by atoms with Crippen molar-refractivity contribution in [3.05, 3.63) is 59.7 Å². The summed E-state index contributed by atoms with van der Waals surface area (Å²) in [5.41, 5.74) is 3.78. The van der Waals surface area contributed by atoms with Crippen LogP contribution in [0.3, 0.4) is 0 Å². The number of aromatic hydroxyl groups is 1. The monoisotopic (exact) mass is 681 g/mol. The highest BCUT2D eigenvalue weighted by atomic mass is 16.3. The van der Waals surface area contributed by atoms with Crippen LogP contribution in [-0.4, -0.2) is 137 Å². The third-order valence-corrected chi connectivity index (χ3v) is 11.1. The Balaban J connectivity index is 0.855. The number of rotatable bonds is 7. The number of aromatic nitrogens is 2. The van der Waals surface area contributed by atoms with E-state index in [-0.39, 0.29) is 24.5 Å². The summed E-state index contributed by atoms with van der Waals surface area (Å²) in [6.07, 6.45) is 1.29. The van der Waals surface area contributed by atoms with E-state index in [0.29, 0.717) is 46.7 Å². The van der Waals surface area contributed by atoms with Gasteiger partial charge < -0.3 is 35.5 Å². The van der Waals surface area contributed by atoms with Crippen LogP contribution >= 0.6 is 0 Å². The number of hydrogen-bond donors (Lipinski definition) is 4. The SMILES string of the molecule is CN(CCN1CCC(N2CCN3c4cc(-c5ccccc5O)nnc4NC[C@H]3C2)CC1)c1cccc2c1C(=O)N(C1CCC(=O)NC1O)C2=O. The molecule has 4 N–H and O–H groups in total. The van der Waals surface area contributed by atoms with Crippen molar-refractivity contribution in [3.63, 3.8) is 0 Å². The number of imide groups is 1. The third-order valence-electron chi connectivity index (χ3n) is 11.1. The molecule has 0 spiro atoms. The number of aliphatic hydroxyl groups excluding tert-OH is 1. The van der Waals surface area contributed by atoms with Gasteiger partial charge >= 0.3 is 0 Å². The molecule has 0 radical (unpaired) electrons. The zero-order valence-electron chi connectivity index (χ0n) is 28.2. The Morgan fingerprint density at radius 3 is 2.52 bits per heavy atom. The Bertz CT molecular complexity index is 1810. The Kier molecular flexibility index (Phi) is 8.53. The average molecular weight is 682 g/mol. The lowest BCUT2D eigenvalue weighted by Gasteiger charge is -2.49. The van der Waals surface area contributed by atoms with Gasteiger partial charge in [-0.1, -0.05) is 18.2 Å². The number of piperidine rings is 2. The first kappa shape index (κ1) is 32.4. The topological polar surface area (TPSA) is 158 Å². The van der Waals surface area contributed by atoms with Crippen LogP contribution in [0.25, 0.3) is 11.3 Å². The molecule has 0 aliphatic carbocycles. The number of carbonyl (C=O) groups excluding carboxylic acids is 3. The van der Waals surface area contributed by atoms with Gasteiger partial charge in [0.2, 0.25) is 5.91 Å². The molecule has 6 heterocycles. The molecule has 262 valence electrons. The van der Waals surface area contributed by atoms with Crippen molar-refractivity contribution in [1.29, 1.82) is 0 Å². The number of phenols is 1. The average Bonchev–Trinajstić information content (AvgIpc) is 3.39. The first-order valence-corrected chi connectivity index (χ1v) is 17.6. The second kappa shape index (κ2) is 13.2. The van der Waals surface area contributed by atoms with Crippen molar-refractivity contribution in [2.45, 2.75) is 50.0 Å². The van der Waals surface area contributed by atoms with Crippen molar-refractivity contribution < 1.29 is 24.6 Å². The van der Waals surface area contributed by atoms with Crippen molar-refractivity contribution in [2.24, 2.45) is 0 Å². The van der Waals surface area contributed by atoms with Crippen molar-refractivity contribution in [3.8, 4) is 17.0 Å². The van der Waals surface area contributed by atoms with Crippen LogP contribution in [-0.2, 0) is 4.79 Å². The molecule has 8 rings (SSSR count). The van der Waals surface area contributed by atoms with E-state index in [4.69, 9.17) is 0 Å². The van der Waals surface area contributed by atoms with Crippen LogP contribution in [0, 0.1) is 0 Å². The predicted molar refractivity (Wildman–Crippen MR) is 187 cm³/mol. The minimum absolute atomic E-state index is 0.152. The lowest BCUT2D eigenvalue weighted by Crippen LogP contribution is -2.61. The zero-order chi connectivity index (χ0) is 34.5. The fourth-order valence-corrected chi connectivity index (χ4v) is 8.33. The number of aliphatic hydroxyl groups is 1. The van der Waals surface area contributed by atoms with E-state index in [1.54, 1.807) is 24.3 Å². The van der Waals surface area contributed by atoms with Crippen LogP contribution < -0.4 is 20.4 Å². The second-order valence-corrected chi connectivity index (χ2v) is 14.0. The van der Waals surface area contributed by atoms with Gasteiger partial charge in [-0.25, -0.2) is 0 Å². The first-order chi connectivity index (χ1) is 24.3. The lowest BCUT2D eigenvalue weighted by atomic mass is 9.99. The molecule has 0 saturated carbocycles. The number of phenolic OH excluding ortho intramolecular Hbond substituents is 1. The van der Waals surface area contributed by atoms with Crippen LogP contribution in [0.1, 0.15) is 46.4 Å². The van der Waals surface area contributed by atoms with E-state index < -0.39 is 24.1 Å². The van der Waals surface area contributed by atoms with Gasteiger partial charge in [0.15, 0.2) is 5.82 Å². The number of nitrogens with one attached hydrogen (secondary N) is 2. The van der Waals surface area contributed by atoms with Gasteiger partial charge in [0.25, 0.3) is 11.8 Å². The molecule has 3 fully saturated rings. The molecule has 2 aromatic carbocycles. The minimum atomic E-state index is -1.28. The van der Waals surface area contributed by atoms with Gasteiger partial charge in [-0.3, -0.25) is 24.2 Å². The molecular formula is C36H43N9O5. The number of piperazine rings is 1. The minimum Gasteiger partial charge on any atom is -0.507 e. The first-order valence-electron chi connectivity index (χ1n) is 17.6. The maximum Gasteiger partial charge on any atom is 0.264 e. The summed E-state index contributed by atoms with van der Waals surface area (Å²) in [7, 11) is 1.95. The van der Waals surface area contributed by atoms with E-state index in [1.165, 1.54) is 0 Å². The second-order valence-electron chi connectivity index (χ2n) is 14.0.